The zero-order valence-corrected chi connectivity index (χ0v) is 5.37. The molecule has 0 spiro atoms. The van der Waals surface area contributed by atoms with Crippen molar-refractivity contribution in [3.63, 3.8) is 0 Å². The number of allylic oxidation sites excluding steroid dienone is 3. The largest absolute Gasteiger partial charge is 0.792 e. The maximum absolute atomic E-state index is 9.75. The Morgan fingerprint density at radius 1 is 1.70 bits per heavy atom. The first-order valence-electron chi connectivity index (χ1n) is 2.82. The van der Waals surface area contributed by atoms with Crippen molar-refractivity contribution in [3.8, 4) is 0 Å². The average Bonchev–Trinajstić information content (AvgIpc) is 1.88. The van der Waals surface area contributed by atoms with Crippen LogP contribution in [0.1, 0.15) is 0 Å². The molecule has 0 fully saturated rings. The number of dihydropyridines is 1. The Kier molecular flexibility index (Phi) is 1.89. The van der Waals surface area contributed by atoms with Crippen LogP contribution in [0.4, 0.5) is 0 Å². The molecule has 1 heterocycles. The van der Waals surface area contributed by atoms with Gasteiger partial charge in [-0.15, -0.1) is 0 Å². The quantitative estimate of drug-likeness (QED) is 0.432. The summed E-state index contributed by atoms with van der Waals surface area (Å²) in [4.78, 5) is 0. The number of rotatable bonds is 1. The van der Waals surface area contributed by atoms with E-state index in [4.69, 9.17) is 0 Å². The molecular weight excluding hydrogens is 128 g/mol. The second kappa shape index (κ2) is 2.87. The monoisotopic (exact) mass is 135 g/mol. The van der Waals surface area contributed by atoms with Gasteiger partial charge in [0.15, 0.2) is 0 Å². The van der Waals surface area contributed by atoms with Gasteiger partial charge in [0.1, 0.15) is 0 Å². The molecule has 0 aromatic carbocycles. The van der Waals surface area contributed by atoms with Crippen LogP contribution in [0.3, 0.4) is 0 Å². The third-order valence-electron chi connectivity index (χ3n) is 1.09. The van der Waals surface area contributed by atoms with Crippen LogP contribution in [-0.4, -0.2) is 6.21 Å². The van der Waals surface area contributed by atoms with Gasteiger partial charge < -0.3 is 15.7 Å². The second-order valence-electron chi connectivity index (χ2n) is 1.88. The van der Waals surface area contributed by atoms with E-state index in [0.717, 1.165) is 11.3 Å². The summed E-state index contributed by atoms with van der Waals surface area (Å²) in [6.45, 7) is 3.64. The molecule has 0 aromatic heterocycles. The van der Waals surface area contributed by atoms with Crippen molar-refractivity contribution in [1.82, 2.24) is 5.32 Å². The molecule has 0 radical (unpaired) electrons. The predicted octanol–water partition coefficient (Wildman–Crippen LogP) is 1.11. The van der Waals surface area contributed by atoms with Crippen molar-refractivity contribution < 1.29 is 0 Å². The summed E-state index contributed by atoms with van der Waals surface area (Å²) in [7, 11) is 0. The van der Waals surface area contributed by atoms with Gasteiger partial charge in [-0.3, -0.25) is 0 Å². The Bertz CT molecular complexity index is 222. The zero-order chi connectivity index (χ0) is 7.40. The van der Waals surface area contributed by atoms with Gasteiger partial charge in [0.25, 0.3) is 0 Å². The Labute approximate surface area is 59.0 Å². The molecule has 0 bridgehead atoms. The summed E-state index contributed by atoms with van der Waals surface area (Å²) in [5.74, 6) is 0. The molecule has 1 aliphatic rings. The molecule has 10 heavy (non-hydrogen) atoms. The van der Waals surface area contributed by atoms with Crippen molar-refractivity contribution in [2.45, 2.75) is 0 Å². The Balaban J connectivity index is 2.76. The van der Waals surface area contributed by atoms with Gasteiger partial charge in [0, 0.05) is 18.1 Å². The summed E-state index contributed by atoms with van der Waals surface area (Å²) in [5, 5.41) is 15.2. The molecular formula is C7H7N2O-. The van der Waals surface area contributed by atoms with Crippen LogP contribution in [0.15, 0.2) is 41.4 Å². The van der Waals surface area contributed by atoms with E-state index >= 15 is 0 Å². The molecule has 0 atom stereocenters. The van der Waals surface area contributed by atoms with Crippen molar-refractivity contribution in [2.24, 2.45) is 5.16 Å². The fourth-order valence-corrected chi connectivity index (χ4v) is 0.677. The maximum Gasteiger partial charge on any atom is 0.0313 e. The molecule has 1 N–H and O–H groups in total. The molecule has 52 valence electrons. The summed E-state index contributed by atoms with van der Waals surface area (Å²) in [5.41, 5.74) is 1.52. The van der Waals surface area contributed by atoms with Crippen molar-refractivity contribution in [3.05, 3.63) is 41.4 Å². The summed E-state index contributed by atoms with van der Waals surface area (Å²) in [6, 6.07) is 0. The van der Waals surface area contributed by atoms with Crippen molar-refractivity contribution in [2.75, 3.05) is 0 Å². The van der Waals surface area contributed by atoms with Crippen molar-refractivity contribution >= 4 is 6.21 Å². The first kappa shape index (κ1) is 6.61. The molecule has 0 aromatic rings. The molecule has 0 amide bonds. The molecule has 1 rings (SSSR count). The van der Waals surface area contributed by atoms with Crippen LogP contribution >= 0.6 is 0 Å². The minimum Gasteiger partial charge on any atom is -0.792 e. The molecule has 1 aliphatic heterocycles. The van der Waals surface area contributed by atoms with Gasteiger partial charge in [-0.25, -0.2) is 0 Å². The fraction of sp³-hybridized carbons (Fsp3) is 0. The van der Waals surface area contributed by atoms with E-state index in [0.29, 0.717) is 0 Å². The highest BCUT2D eigenvalue weighted by atomic mass is 16.4. The van der Waals surface area contributed by atoms with E-state index in [2.05, 4.69) is 17.1 Å². The average molecular weight is 135 g/mol. The van der Waals surface area contributed by atoms with E-state index in [1.807, 2.05) is 0 Å². The standard InChI is InChI=1S/C7H8N2O/c1-6-4-7(5-9-10)2-3-8-6/h2-5,8,10H,1H2/p-1/b9-5-. The highest BCUT2D eigenvalue weighted by Gasteiger charge is 1.93. The van der Waals surface area contributed by atoms with E-state index in [-0.39, 0.29) is 0 Å². The van der Waals surface area contributed by atoms with E-state index < -0.39 is 0 Å². The minimum atomic E-state index is 0.761. The van der Waals surface area contributed by atoms with Gasteiger partial charge >= 0.3 is 0 Å². The number of nitrogens with one attached hydrogen (secondary N) is 1. The predicted molar refractivity (Wildman–Crippen MR) is 41.4 cm³/mol. The van der Waals surface area contributed by atoms with Gasteiger partial charge in [-0.05, 0) is 17.7 Å². The lowest BCUT2D eigenvalue weighted by Gasteiger charge is -2.06. The van der Waals surface area contributed by atoms with Gasteiger partial charge in [0.05, 0.1) is 0 Å². The van der Waals surface area contributed by atoms with Crippen LogP contribution in [-0.2, 0) is 0 Å². The third kappa shape index (κ3) is 1.48. The maximum atomic E-state index is 9.75. The van der Waals surface area contributed by atoms with Crippen LogP contribution in [0, 0.1) is 5.21 Å². The lowest BCUT2D eigenvalue weighted by molar-refractivity contribution is 1.10. The number of hydrogen-bond donors (Lipinski definition) is 1. The normalized spacial score (nSPS) is 17.2. The van der Waals surface area contributed by atoms with Gasteiger partial charge in [-0.2, -0.15) is 0 Å². The Morgan fingerprint density at radius 3 is 3.10 bits per heavy atom. The van der Waals surface area contributed by atoms with E-state index in [1.165, 1.54) is 6.21 Å². The summed E-state index contributed by atoms with van der Waals surface area (Å²) >= 11 is 0. The lowest BCUT2D eigenvalue weighted by atomic mass is 10.2. The molecule has 0 aliphatic carbocycles. The highest BCUT2D eigenvalue weighted by molar-refractivity contribution is 5.83. The molecule has 0 saturated carbocycles. The summed E-state index contributed by atoms with van der Waals surface area (Å²) in [6.07, 6.45) is 6.43. The molecule has 0 saturated heterocycles. The first-order valence-corrected chi connectivity index (χ1v) is 2.82. The first-order chi connectivity index (χ1) is 4.83. The van der Waals surface area contributed by atoms with Crippen LogP contribution in [0.2, 0.25) is 0 Å². The van der Waals surface area contributed by atoms with Crippen LogP contribution in [0.5, 0.6) is 0 Å². The molecule has 0 unspecified atom stereocenters. The molecule has 3 heteroatoms. The highest BCUT2D eigenvalue weighted by Crippen LogP contribution is 2.02. The topological polar surface area (TPSA) is 47.5 Å². The Hall–Kier alpha value is -1.51. The minimum absolute atomic E-state index is 0.761. The SMILES string of the molecule is C=C1C=C(/C=N\[O-])C=CN1. The van der Waals surface area contributed by atoms with Crippen molar-refractivity contribution in [1.29, 1.82) is 0 Å². The Morgan fingerprint density at radius 2 is 2.50 bits per heavy atom. The lowest BCUT2D eigenvalue weighted by Crippen LogP contribution is -2.05. The van der Waals surface area contributed by atoms with Crippen LogP contribution in [0.25, 0.3) is 0 Å². The zero-order valence-electron chi connectivity index (χ0n) is 5.37. The third-order valence-corrected chi connectivity index (χ3v) is 1.09. The van der Waals surface area contributed by atoms with E-state index in [9.17, 15) is 5.21 Å². The van der Waals surface area contributed by atoms with E-state index in [1.54, 1.807) is 18.4 Å². The smallest absolute Gasteiger partial charge is 0.0313 e. The van der Waals surface area contributed by atoms with Gasteiger partial charge in [-0.1, -0.05) is 6.58 Å². The molecule has 3 nitrogen and oxygen atoms in total. The second-order valence-corrected chi connectivity index (χ2v) is 1.88. The number of nitrogens with zero attached hydrogens (tertiary/aromatic N) is 1. The van der Waals surface area contributed by atoms with Gasteiger partial charge in [0.2, 0.25) is 0 Å². The summed E-state index contributed by atoms with van der Waals surface area (Å²) < 4.78 is 0. The number of hydrogen-bond acceptors (Lipinski definition) is 3. The van der Waals surface area contributed by atoms with Crippen LogP contribution < -0.4 is 5.32 Å². The fourth-order valence-electron chi connectivity index (χ4n) is 0.677.